The fourth-order valence-electron chi connectivity index (χ4n) is 1.36. The molecule has 3 aromatic heterocycles. The van der Waals surface area contributed by atoms with Crippen molar-refractivity contribution in [2.75, 3.05) is 0 Å². The number of rotatable bonds is 1. The SMILES string of the molecule is Clc1cc(-n2cc(I)cn2)n2ncnc2n1. The highest BCUT2D eigenvalue weighted by molar-refractivity contribution is 14.1. The van der Waals surface area contributed by atoms with Crippen molar-refractivity contribution in [3.05, 3.63) is 33.5 Å². The minimum Gasteiger partial charge on any atom is -0.221 e. The topological polar surface area (TPSA) is 60.9 Å². The molecule has 0 fully saturated rings. The first-order valence-corrected chi connectivity index (χ1v) is 5.76. The van der Waals surface area contributed by atoms with Gasteiger partial charge >= 0.3 is 0 Å². The molecule has 0 saturated carbocycles. The maximum Gasteiger partial charge on any atom is 0.255 e. The molecule has 0 atom stereocenters. The Morgan fingerprint density at radius 3 is 2.94 bits per heavy atom. The molecule has 3 aromatic rings. The Balaban J connectivity index is 2.33. The van der Waals surface area contributed by atoms with Crippen molar-refractivity contribution in [3.63, 3.8) is 0 Å². The van der Waals surface area contributed by atoms with Gasteiger partial charge in [0.2, 0.25) is 0 Å². The Labute approximate surface area is 108 Å². The largest absolute Gasteiger partial charge is 0.255 e. The maximum absolute atomic E-state index is 5.90. The molecule has 0 bridgehead atoms. The second kappa shape index (κ2) is 3.67. The molecule has 8 heteroatoms. The minimum absolute atomic E-state index is 0.362. The number of aromatic nitrogens is 6. The number of nitrogens with zero attached hydrogens (tertiary/aromatic N) is 6. The van der Waals surface area contributed by atoms with Gasteiger partial charge in [0.25, 0.3) is 5.78 Å². The molecule has 80 valence electrons. The molecule has 0 unspecified atom stereocenters. The van der Waals surface area contributed by atoms with Gasteiger partial charge in [0.1, 0.15) is 11.5 Å². The second-order valence-corrected chi connectivity index (χ2v) is 4.64. The van der Waals surface area contributed by atoms with E-state index in [1.54, 1.807) is 21.5 Å². The normalized spacial score (nSPS) is 11.1. The molecule has 0 spiro atoms. The summed E-state index contributed by atoms with van der Waals surface area (Å²) in [6.45, 7) is 0. The first-order chi connectivity index (χ1) is 7.74. The van der Waals surface area contributed by atoms with Crippen LogP contribution in [0, 0.1) is 3.57 Å². The van der Waals surface area contributed by atoms with Crippen molar-refractivity contribution in [2.24, 2.45) is 0 Å². The Kier molecular flexibility index (Phi) is 2.28. The second-order valence-electron chi connectivity index (χ2n) is 3.01. The average Bonchev–Trinajstić information content (AvgIpc) is 2.84. The Morgan fingerprint density at radius 1 is 1.31 bits per heavy atom. The maximum atomic E-state index is 5.90. The standard InChI is InChI=1S/C8H4ClIN6/c9-6-1-7(15-3-5(10)2-12-15)16-8(14-6)11-4-13-16/h1-4H. The van der Waals surface area contributed by atoms with Crippen molar-refractivity contribution >= 4 is 40.0 Å². The van der Waals surface area contributed by atoms with E-state index in [0.717, 1.165) is 3.57 Å². The third kappa shape index (κ3) is 1.55. The van der Waals surface area contributed by atoms with Gasteiger partial charge in [-0.3, -0.25) is 0 Å². The lowest BCUT2D eigenvalue weighted by molar-refractivity contribution is 0.781. The predicted octanol–water partition coefficient (Wildman–Crippen LogP) is 1.57. The summed E-state index contributed by atoms with van der Waals surface area (Å²) in [6, 6.07) is 1.69. The zero-order valence-electron chi connectivity index (χ0n) is 7.75. The van der Waals surface area contributed by atoms with Gasteiger partial charge in [-0.1, -0.05) is 11.6 Å². The smallest absolute Gasteiger partial charge is 0.221 e. The molecular formula is C8H4ClIN6. The summed E-state index contributed by atoms with van der Waals surface area (Å²) < 4.78 is 4.28. The lowest BCUT2D eigenvalue weighted by Gasteiger charge is -2.03. The monoisotopic (exact) mass is 346 g/mol. The molecule has 0 amide bonds. The van der Waals surface area contributed by atoms with Gasteiger partial charge in [-0.05, 0) is 22.6 Å². The summed E-state index contributed by atoms with van der Waals surface area (Å²) in [7, 11) is 0. The predicted molar refractivity (Wildman–Crippen MR) is 65.6 cm³/mol. The van der Waals surface area contributed by atoms with Crippen LogP contribution in [0.2, 0.25) is 5.15 Å². The fraction of sp³-hybridized carbons (Fsp3) is 0. The van der Waals surface area contributed by atoms with Crippen LogP contribution in [-0.4, -0.2) is 29.4 Å². The van der Waals surface area contributed by atoms with E-state index < -0.39 is 0 Å². The molecule has 0 aliphatic heterocycles. The lowest BCUT2D eigenvalue weighted by Crippen LogP contribution is -2.05. The van der Waals surface area contributed by atoms with Gasteiger partial charge in [0, 0.05) is 12.3 Å². The Hall–Kier alpha value is -1.22. The van der Waals surface area contributed by atoms with E-state index >= 15 is 0 Å². The van der Waals surface area contributed by atoms with Gasteiger partial charge in [-0.25, -0.2) is 4.68 Å². The molecule has 0 radical (unpaired) electrons. The van der Waals surface area contributed by atoms with Crippen LogP contribution in [-0.2, 0) is 0 Å². The van der Waals surface area contributed by atoms with E-state index in [2.05, 4.69) is 42.8 Å². The highest BCUT2D eigenvalue weighted by Crippen LogP contribution is 2.14. The van der Waals surface area contributed by atoms with E-state index in [-0.39, 0.29) is 0 Å². The summed E-state index contributed by atoms with van der Waals surface area (Å²) in [4.78, 5) is 8.03. The third-order valence-corrected chi connectivity index (χ3v) is 2.74. The molecule has 6 nitrogen and oxygen atoms in total. The average molecular weight is 347 g/mol. The highest BCUT2D eigenvalue weighted by Gasteiger charge is 2.08. The Bertz CT molecular complexity index is 659. The van der Waals surface area contributed by atoms with Crippen LogP contribution < -0.4 is 0 Å². The molecule has 3 heterocycles. The van der Waals surface area contributed by atoms with Crippen molar-refractivity contribution in [1.82, 2.24) is 29.4 Å². The van der Waals surface area contributed by atoms with Crippen LogP contribution in [0.25, 0.3) is 11.6 Å². The molecule has 0 aliphatic rings. The summed E-state index contributed by atoms with van der Waals surface area (Å²) in [5.41, 5.74) is 0. The summed E-state index contributed by atoms with van der Waals surface area (Å²) in [5.74, 6) is 1.16. The zero-order chi connectivity index (χ0) is 11.1. The molecular weight excluding hydrogens is 342 g/mol. The summed E-state index contributed by atoms with van der Waals surface area (Å²) >= 11 is 8.08. The summed E-state index contributed by atoms with van der Waals surface area (Å²) in [5, 5.41) is 8.62. The van der Waals surface area contributed by atoms with Gasteiger partial charge in [-0.15, -0.1) is 0 Å². The first kappa shape index (κ1) is 9.97. The first-order valence-electron chi connectivity index (χ1n) is 4.31. The van der Waals surface area contributed by atoms with Gasteiger partial charge < -0.3 is 0 Å². The van der Waals surface area contributed by atoms with Crippen LogP contribution >= 0.6 is 34.2 Å². The van der Waals surface area contributed by atoms with Crippen LogP contribution in [0.1, 0.15) is 0 Å². The molecule has 3 rings (SSSR count). The van der Waals surface area contributed by atoms with E-state index in [0.29, 0.717) is 16.7 Å². The van der Waals surface area contributed by atoms with Crippen molar-refractivity contribution in [2.45, 2.75) is 0 Å². The van der Waals surface area contributed by atoms with E-state index in [4.69, 9.17) is 11.6 Å². The lowest BCUT2D eigenvalue weighted by atomic mass is 10.6. The summed E-state index contributed by atoms with van der Waals surface area (Å²) in [6.07, 6.45) is 5.04. The van der Waals surface area contributed by atoms with E-state index in [1.807, 2.05) is 6.20 Å². The molecule has 0 aromatic carbocycles. The van der Waals surface area contributed by atoms with Crippen molar-refractivity contribution in [3.8, 4) is 5.82 Å². The molecule has 16 heavy (non-hydrogen) atoms. The minimum atomic E-state index is 0.362. The quantitative estimate of drug-likeness (QED) is 0.496. The number of fused-ring (bicyclic) bond motifs is 1. The van der Waals surface area contributed by atoms with Gasteiger partial charge in [-0.2, -0.15) is 24.7 Å². The van der Waals surface area contributed by atoms with Crippen LogP contribution in [0.4, 0.5) is 0 Å². The van der Waals surface area contributed by atoms with Gasteiger partial charge in [0.05, 0.1) is 9.77 Å². The number of hydrogen-bond acceptors (Lipinski definition) is 4. The highest BCUT2D eigenvalue weighted by atomic mass is 127. The number of halogens is 2. The Morgan fingerprint density at radius 2 is 2.19 bits per heavy atom. The van der Waals surface area contributed by atoms with Crippen molar-refractivity contribution in [1.29, 1.82) is 0 Å². The van der Waals surface area contributed by atoms with Crippen LogP contribution in [0.15, 0.2) is 24.8 Å². The fourth-order valence-corrected chi connectivity index (χ4v) is 1.92. The zero-order valence-corrected chi connectivity index (χ0v) is 10.7. The van der Waals surface area contributed by atoms with Crippen LogP contribution in [0.3, 0.4) is 0 Å². The van der Waals surface area contributed by atoms with Crippen molar-refractivity contribution < 1.29 is 0 Å². The van der Waals surface area contributed by atoms with E-state index in [9.17, 15) is 0 Å². The third-order valence-electron chi connectivity index (χ3n) is 1.99. The molecule has 0 N–H and O–H groups in total. The van der Waals surface area contributed by atoms with Gasteiger partial charge in [0.15, 0.2) is 5.82 Å². The van der Waals surface area contributed by atoms with Crippen LogP contribution in [0.5, 0.6) is 0 Å². The molecule has 0 aliphatic carbocycles. The number of hydrogen-bond donors (Lipinski definition) is 0. The van der Waals surface area contributed by atoms with E-state index in [1.165, 1.54) is 6.33 Å². The molecule has 0 saturated heterocycles.